The van der Waals surface area contributed by atoms with Gasteiger partial charge in [0, 0.05) is 6.61 Å². The minimum absolute atomic E-state index is 0.0283. The van der Waals surface area contributed by atoms with Gasteiger partial charge < -0.3 is 9.84 Å². The number of hydrogen-bond donors (Lipinski definition) is 1. The van der Waals surface area contributed by atoms with Crippen LogP contribution >= 0.6 is 0 Å². The van der Waals surface area contributed by atoms with Crippen molar-refractivity contribution >= 4 is 11.8 Å². The molecule has 21 heavy (non-hydrogen) atoms. The fourth-order valence-electron chi connectivity index (χ4n) is 3.98. The molecule has 2 fully saturated rings. The summed E-state index contributed by atoms with van der Waals surface area (Å²) < 4.78 is 5.23. The van der Waals surface area contributed by atoms with Gasteiger partial charge in [-0.25, -0.2) is 0 Å². The molecule has 5 heteroatoms. The predicted molar refractivity (Wildman–Crippen MR) is 76.1 cm³/mol. The summed E-state index contributed by atoms with van der Waals surface area (Å²) in [6.45, 7) is 4.39. The number of carbonyl (C=O) groups is 2. The van der Waals surface area contributed by atoms with E-state index in [1.165, 1.54) is 4.90 Å². The highest BCUT2D eigenvalue weighted by atomic mass is 16.5. The van der Waals surface area contributed by atoms with Crippen LogP contribution in [0.5, 0.6) is 0 Å². The molecule has 114 valence electrons. The smallest absolute Gasteiger partial charge is 0.234 e. The zero-order valence-corrected chi connectivity index (χ0v) is 12.0. The van der Waals surface area contributed by atoms with Gasteiger partial charge in [-0.1, -0.05) is 18.2 Å². The first kappa shape index (κ1) is 14.5. The third-order valence-corrected chi connectivity index (χ3v) is 4.90. The van der Waals surface area contributed by atoms with Gasteiger partial charge in [-0.15, -0.1) is 6.58 Å². The van der Waals surface area contributed by atoms with Crippen LogP contribution < -0.4 is 0 Å². The summed E-state index contributed by atoms with van der Waals surface area (Å²) >= 11 is 0. The summed E-state index contributed by atoms with van der Waals surface area (Å²) in [7, 11) is 0. The standard InChI is InChI=1S/C16H21NO4/c1-2-12(5-7-21-8-6-18)17-15(19)13-10-3-4-11(9-10)14(13)16(17)20/h2-4,10-14,18H,1,5-9H2. The van der Waals surface area contributed by atoms with Crippen molar-refractivity contribution < 1.29 is 19.4 Å². The van der Waals surface area contributed by atoms with Crippen molar-refractivity contribution in [1.29, 1.82) is 0 Å². The van der Waals surface area contributed by atoms with E-state index in [0.29, 0.717) is 13.0 Å². The van der Waals surface area contributed by atoms with Gasteiger partial charge >= 0.3 is 0 Å². The maximum Gasteiger partial charge on any atom is 0.234 e. The predicted octanol–water partition coefficient (Wildman–Crippen LogP) is 0.747. The van der Waals surface area contributed by atoms with E-state index in [-0.39, 0.29) is 54.7 Å². The van der Waals surface area contributed by atoms with Crippen molar-refractivity contribution in [3.8, 4) is 0 Å². The summed E-state index contributed by atoms with van der Waals surface area (Å²) in [5.74, 6) is 0.0551. The molecule has 0 aromatic rings. The molecule has 1 heterocycles. The number of carbonyl (C=O) groups excluding carboxylic acids is 2. The molecule has 1 saturated heterocycles. The zero-order chi connectivity index (χ0) is 15.0. The lowest BCUT2D eigenvalue weighted by molar-refractivity contribution is -0.142. The molecule has 2 bridgehead atoms. The monoisotopic (exact) mass is 291 g/mol. The van der Waals surface area contributed by atoms with Gasteiger partial charge in [-0.2, -0.15) is 0 Å². The summed E-state index contributed by atoms with van der Waals surface area (Å²) in [4.78, 5) is 26.6. The van der Waals surface area contributed by atoms with E-state index in [2.05, 4.69) is 18.7 Å². The number of amides is 2. The van der Waals surface area contributed by atoms with Crippen LogP contribution in [0.3, 0.4) is 0 Å². The Morgan fingerprint density at radius 2 is 1.90 bits per heavy atom. The van der Waals surface area contributed by atoms with Crippen LogP contribution in [0.4, 0.5) is 0 Å². The zero-order valence-electron chi connectivity index (χ0n) is 12.0. The summed E-state index contributed by atoms with van der Waals surface area (Å²) in [5, 5.41) is 8.69. The second-order valence-electron chi connectivity index (χ2n) is 5.97. The summed E-state index contributed by atoms with van der Waals surface area (Å²) in [5.41, 5.74) is 0. The summed E-state index contributed by atoms with van der Waals surface area (Å²) in [6.07, 6.45) is 7.30. The van der Waals surface area contributed by atoms with E-state index in [0.717, 1.165) is 6.42 Å². The van der Waals surface area contributed by atoms with Crippen molar-refractivity contribution in [2.24, 2.45) is 23.7 Å². The first-order valence-electron chi connectivity index (χ1n) is 7.55. The molecule has 2 amide bonds. The van der Waals surface area contributed by atoms with E-state index < -0.39 is 0 Å². The molecular formula is C16H21NO4. The highest BCUT2D eigenvalue weighted by Crippen LogP contribution is 2.52. The molecule has 2 aliphatic carbocycles. The largest absolute Gasteiger partial charge is 0.394 e. The first-order valence-corrected chi connectivity index (χ1v) is 7.55. The highest BCUT2D eigenvalue weighted by Gasteiger charge is 2.60. The first-order chi connectivity index (χ1) is 10.2. The number of aliphatic hydroxyl groups excluding tert-OH is 1. The molecule has 1 aliphatic heterocycles. The highest BCUT2D eigenvalue weighted by molar-refractivity contribution is 6.06. The lowest BCUT2D eigenvalue weighted by Gasteiger charge is -2.25. The molecule has 0 aromatic heterocycles. The third kappa shape index (κ3) is 2.24. The van der Waals surface area contributed by atoms with E-state index in [1.54, 1.807) is 6.08 Å². The van der Waals surface area contributed by atoms with Gasteiger partial charge in [-0.05, 0) is 24.7 Å². The number of likely N-dealkylation sites (tertiary alicyclic amines) is 1. The van der Waals surface area contributed by atoms with Crippen LogP contribution in [0, 0.1) is 23.7 Å². The minimum Gasteiger partial charge on any atom is -0.394 e. The van der Waals surface area contributed by atoms with Gasteiger partial charge in [0.1, 0.15) is 0 Å². The molecule has 0 aromatic carbocycles. The Labute approximate surface area is 124 Å². The molecule has 3 aliphatic rings. The van der Waals surface area contributed by atoms with Crippen LogP contribution in [-0.4, -0.2) is 47.7 Å². The Morgan fingerprint density at radius 3 is 2.43 bits per heavy atom. The van der Waals surface area contributed by atoms with E-state index in [9.17, 15) is 9.59 Å². The molecule has 0 radical (unpaired) electrons. The van der Waals surface area contributed by atoms with E-state index in [1.807, 2.05) is 0 Å². The molecule has 0 spiro atoms. The normalized spacial score (nSPS) is 34.6. The number of aliphatic hydroxyl groups is 1. The van der Waals surface area contributed by atoms with Crippen molar-refractivity contribution in [1.82, 2.24) is 4.90 Å². The molecule has 5 atom stereocenters. The number of ether oxygens (including phenoxy) is 1. The van der Waals surface area contributed by atoms with Crippen LogP contribution in [0.1, 0.15) is 12.8 Å². The molecule has 3 rings (SSSR count). The lowest BCUT2D eigenvalue weighted by Crippen LogP contribution is -2.41. The number of hydrogen-bond acceptors (Lipinski definition) is 4. The quantitative estimate of drug-likeness (QED) is 0.427. The Bertz CT molecular complexity index is 457. The maximum atomic E-state index is 12.6. The molecule has 1 N–H and O–H groups in total. The topological polar surface area (TPSA) is 66.8 Å². The second-order valence-corrected chi connectivity index (χ2v) is 5.97. The van der Waals surface area contributed by atoms with E-state index in [4.69, 9.17) is 9.84 Å². The van der Waals surface area contributed by atoms with Gasteiger partial charge in [0.2, 0.25) is 11.8 Å². The Hall–Kier alpha value is -1.46. The lowest BCUT2D eigenvalue weighted by atomic mass is 9.85. The van der Waals surface area contributed by atoms with Crippen LogP contribution in [0.25, 0.3) is 0 Å². The van der Waals surface area contributed by atoms with Crippen LogP contribution in [0.2, 0.25) is 0 Å². The van der Waals surface area contributed by atoms with E-state index >= 15 is 0 Å². The number of allylic oxidation sites excluding steroid dienone is 2. The average molecular weight is 291 g/mol. The molecule has 1 saturated carbocycles. The molecule has 5 unspecified atom stereocenters. The molecular weight excluding hydrogens is 270 g/mol. The SMILES string of the molecule is C=CC(CCOCCO)N1C(=O)C2C3C=CC(C3)C2C1=O. The Kier molecular flexibility index (Phi) is 3.95. The van der Waals surface area contributed by atoms with Crippen molar-refractivity contribution in [2.45, 2.75) is 18.9 Å². The number of fused-ring (bicyclic) bond motifs is 5. The van der Waals surface area contributed by atoms with Gasteiger partial charge in [0.05, 0.1) is 31.1 Å². The van der Waals surface area contributed by atoms with Crippen LogP contribution in [-0.2, 0) is 14.3 Å². The second kappa shape index (κ2) is 5.73. The maximum absolute atomic E-state index is 12.6. The van der Waals surface area contributed by atoms with Gasteiger partial charge in [0.25, 0.3) is 0 Å². The number of rotatable bonds is 7. The van der Waals surface area contributed by atoms with Gasteiger partial charge in [0.15, 0.2) is 0 Å². The van der Waals surface area contributed by atoms with Crippen molar-refractivity contribution in [3.63, 3.8) is 0 Å². The Morgan fingerprint density at radius 1 is 1.29 bits per heavy atom. The fraction of sp³-hybridized carbons (Fsp3) is 0.625. The number of imide groups is 1. The average Bonchev–Trinajstić information content (AvgIpc) is 3.15. The van der Waals surface area contributed by atoms with Crippen molar-refractivity contribution in [3.05, 3.63) is 24.8 Å². The van der Waals surface area contributed by atoms with Crippen LogP contribution in [0.15, 0.2) is 24.8 Å². The van der Waals surface area contributed by atoms with Crippen molar-refractivity contribution in [2.75, 3.05) is 19.8 Å². The number of nitrogens with zero attached hydrogens (tertiary/aromatic N) is 1. The van der Waals surface area contributed by atoms with Gasteiger partial charge in [-0.3, -0.25) is 14.5 Å². The minimum atomic E-state index is -0.311. The third-order valence-electron chi connectivity index (χ3n) is 4.90. The molecule has 5 nitrogen and oxygen atoms in total. The Balaban J connectivity index is 1.69. The fourth-order valence-corrected chi connectivity index (χ4v) is 3.98. The summed E-state index contributed by atoms with van der Waals surface area (Å²) in [6, 6.07) is -0.311.